The number of nitrogens with zero attached hydrogens (tertiary/aromatic N) is 3. The summed E-state index contributed by atoms with van der Waals surface area (Å²) >= 11 is 1.18. The molecule has 0 unspecified atom stereocenters. The number of nitrogens with one attached hydrogen (secondary N) is 1. The molecule has 0 aliphatic carbocycles. The van der Waals surface area contributed by atoms with E-state index >= 15 is 0 Å². The van der Waals surface area contributed by atoms with Crippen LogP contribution >= 0.6 is 11.3 Å². The third-order valence-corrected chi connectivity index (χ3v) is 8.02. The summed E-state index contributed by atoms with van der Waals surface area (Å²) in [5.41, 5.74) is 0.704. The number of sulfonamides is 1. The largest absolute Gasteiger partial charge is 0.475 e. The quantitative estimate of drug-likeness (QED) is 0.347. The smallest absolute Gasteiger partial charge is 0.311 e. The fourth-order valence-corrected chi connectivity index (χ4v) is 5.64. The van der Waals surface area contributed by atoms with E-state index in [4.69, 9.17) is 14.2 Å². The standard InChI is InChI=1S/C25H28N4O7S2/c1-4-34-23(30)14-18-15-37-25(26-18)28-24(31)17-12-21(35-16(2)3)27-22(13-17)36-19-6-8-20(9-7-19)38(32,33)29-10-5-11-29/h6-9,12-13,15-16H,4-5,10-11,14H2,1-3H3,(H,26,28,31). The van der Waals surface area contributed by atoms with Gasteiger partial charge in [-0.15, -0.1) is 11.3 Å². The average Bonchev–Trinajstić information content (AvgIpc) is 3.24. The molecule has 3 heterocycles. The van der Waals surface area contributed by atoms with Gasteiger partial charge in [0.05, 0.1) is 35.3 Å². The number of carbonyl (C=O) groups excluding carboxylic acids is 2. The maximum Gasteiger partial charge on any atom is 0.311 e. The summed E-state index contributed by atoms with van der Waals surface area (Å²) in [7, 11) is -3.51. The van der Waals surface area contributed by atoms with Gasteiger partial charge in [-0.05, 0) is 51.5 Å². The van der Waals surface area contributed by atoms with Crippen molar-refractivity contribution in [3.05, 3.63) is 53.0 Å². The van der Waals surface area contributed by atoms with Gasteiger partial charge in [-0.1, -0.05) is 0 Å². The second-order valence-corrected chi connectivity index (χ2v) is 11.4. The fraction of sp³-hybridized carbons (Fsp3) is 0.360. The Balaban J connectivity index is 1.50. The molecule has 2 aromatic heterocycles. The first-order valence-corrected chi connectivity index (χ1v) is 14.3. The van der Waals surface area contributed by atoms with Crippen molar-refractivity contribution in [2.24, 2.45) is 0 Å². The van der Waals surface area contributed by atoms with Crippen LogP contribution in [0, 0.1) is 0 Å². The molecule has 0 radical (unpaired) electrons. The molecule has 0 saturated carbocycles. The molecule has 1 fully saturated rings. The van der Waals surface area contributed by atoms with Gasteiger partial charge >= 0.3 is 5.97 Å². The highest BCUT2D eigenvalue weighted by Gasteiger charge is 2.29. The Bertz CT molecular complexity index is 1400. The van der Waals surface area contributed by atoms with Crippen LogP contribution in [0.4, 0.5) is 5.13 Å². The van der Waals surface area contributed by atoms with Gasteiger partial charge in [-0.2, -0.15) is 9.29 Å². The van der Waals surface area contributed by atoms with Crippen LogP contribution in [-0.4, -0.2) is 60.4 Å². The van der Waals surface area contributed by atoms with Gasteiger partial charge in [-0.3, -0.25) is 14.9 Å². The summed E-state index contributed by atoms with van der Waals surface area (Å²) in [6, 6.07) is 8.94. The first kappa shape index (κ1) is 27.5. The van der Waals surface area contributed by atoms with Crippen molar-refractivity contribution in [1.29, 1.82) is 0 Å². The van der Waals surface area contributed by atoms with E-state index in [9.17, 15) is 18.0 Å². The van der Waals surface area contributed by atoms with Crippen LogP contribution in [-0.2, 0) is 26.0 Å². The Morgan fingerprint density at radius 1 is 1.11 bits per heavy atom. The van der Waals surface area contributed by atoms with Gasteiger partial charge in [0.15, 0.2) is 5.13 Å². The molecule has 0 spiro atoms. The number of carbonyl (C=O) groups is 2. The molecule has 38 heavy (non-hydrogen) atoms. The van der Waals surface area contributed by atoms with Crippen molar-refractivity contribution < 1.29 is 32.2 Å². The Hall–Kier alpha value is -3.55. The molecular weight excluding hydrogens is 532 g/mol. The summed E-state index contributed by atoms with van der Waals surface area (Å²) in [6.07, 6.45) is 0.663. The first-order valence-electron chi connectivity index (χ1n) is 12.0. The minimum absolute atomic E-state index is 0.0119. The molecule has 1 aromatic carbocycles. The summed E-state index contributed by atoms with van der Waals surface area (Å²) < 4.78 is 43.0. The van der Waals surface area contributed by atoms with E-state index in [0.29, 0.717) is 29.7 Å². The van der Waals surface area contributed by atoms with Gasteiger partial charge in [0.1, 0.15) is 5.75 Å². The summed E-state index contributed by atoms with van der Waals surface area (Å²) in [6.45, 7) is 6.70. The van der Waals surface area contributed by atoms with Crippen LogP contribution < -0.4 is 14.8 Å². The maximum atomic E-state index is 13.0. The number of aromatic nitrogens is 2. The van der Waals surface area contributed by atoms with E-state index in [0.717, 1.165) is 6.42 Å². The van der Waals surface area contributed by atoms with E-state index in [1.165, 1.54) is 52.0 Å². The van der Waals surface area contributed by atoms with Crippen LogP contribution in [0.15, 0.2) is 46.7 Å². The Kier molecular flexibility index (Phi) is 8.59. The van der Waals surface area contributed by atoms with Crippen LogP contribution in [0.25, 0.3) is 0 Å². The molecule has 0 atom stereocenters. The molecule has 1 aliphatic heterocycles. The zero-order valence-electron chi connectivity index (χ0n) is 21.2. The first-order chi connectivity index (χ1) is 18.1. The third kappa shape index (κ3) is 6.85. The molecule has 1 aliphatic rings. The monoisotopic (exact) mass is 560 g/mol. The number of esters is 1. The van der Waals surface area contributed by atoms with E-state index in [-0.39, 0.29) is 41.4 Å². The SMILES string of the molecule is CCOC(=O)Cc1csc(NC(=O)c2cc(Oc3ccc(S(=O)(=O)N4CCC4)cc3)nc(OC(C)C)c2)n1. The molecule has 3 aromatic rings. The number of anilines is 1. The minimum atomic E-state index is -3.51. The average molecular weight is 561 g/mol. The van der Waals surface area contributed by atoms with Crippen LogP contribution in [0.2, 0.25) is 0 Å². The number of amides is 1. The maximum absolute atomic E-state index is 13.0. The van der Waals surface area contributed by atoms with Crippen molar-refractivity contribution in [1.82, 2.24) is 14.3 Å². The normalized spacial score (nSPS) is 13.6. The number of hydrogen-bond acceptors (Lipinski definition) is 10. The van der Waals surface area contributed by atoms with Gasteiger partial charge in [0, 0.05) is 30.6 Å². The van der Waals surface area contributed by atoms with Gasteiger partial charge in [0.2, 0.25) is 21.8 Å². The molecule has 202 valence electrons. The van der Waals surface area contributed by atoms with Gasteiger partial charge < -0.3 is 14.2 Å². The van der Waals surface area contributed by atoms with Crippen molar-refractivity contribution in [2.75, 3.05) is 25.0 Å². The zero-order valence-corrected chi connectivity index (χ0v) is 22.8. The van der Waals surface area contributed by atoms with Crippen LogP contribution in [0.3, 0.4) is 0 Å². The van der Waals surface area contributed by atoms with Crippen molar-refractivity contribution in [2.45, 2.75) is 44.6 Å². The van der Waals surface area contributed by atoms with Gasteiger partial charge in [-0.25, -0.2) is 13.4 Å². The number of pyridine rings is 1. The number of benzene rings is 1. The molecule has 13 heteroatoms. The summed E-state index contributed by atoms with van der Waals surface area (Å²) in [5.74, 6) is -0.251. The molecule has 0 bridgehead atoms. The minimum Gasteiger partial charge on any atom is -0.475 e. The number of thiazole rings is 1. The highest BCUT2D eigenvalue weighted by molar-refractivity contribution is 7.89. The van der Waals surface area contributed by atoms with E-state index in [2.05, 4.69) is 15.3 Å². The predicted octanol–water partition coefficient (Wildman–Crippen LogP) is 3.87. The Morgan fingerprint density at radius 3 is 2.45 bits per heavy atom. The summed E-state index contributed by atoms with van der Waals surface area (Å²) in [5, 5.41) is 4.70. The number of ether oxygens (including phenoxy) is 3. The topological polar surface area (TPSA) is 137 Å². The second kappa shape index (κ2) is 11.9. The lowest BCUT2D eigenvalue weighted by Crippen LogP contribution is -2.41. The van der Waals surface area contributed by atoms with E-state index in [1.54, 1.807) is 12.3 Å². The molecule has 11 nitrogen and oxygen atoms in total. The lowest BCUT2D eigenvalue weighted by molar-refractivity contribution is -0.142. The summed E-state index contributed by atoms with van der Waals surface area (Å²) in [4.78, 5) is 33.4. The molecule has 1 amide bonds. The van der Waals surface area contributed by atoms with E-state index < -0.39 is 21.9 Å². The highest BCUT2D eigenvalue weighted by atomic mass is 32.2. The molecule has 1 N–H and O–H groups in total. The van der Waals surface area contributed by atoms with Gasteiger partial charge in [0.25, 0.3) is 5.91 Å². The lowest BCUT2D eigenvalue weighted by atomic mass is 10.2. The van der Waals surface area contributed by atoms with E-state index in [1.807, 2.05) is 13.8 Å². The predicted molar refractivity (Wildman–Crippen MR) is 140 cm³/mol. The number of hydrogen-bond donors (Lipinski definition) is 1. The Morgan fingerprint density at radius 2 is 1.82 bits per heavy atom. The second-order valence-electron chi connectivity index (χ2n) is 8.61. The molecule has 4 rings (SSSR count). The van der Waals surface area contributed by atoms with Crippen molar-refractivity contribution in [3.8, 4) is 17.5 Å². The Labute approximate surface area is 224 Å². The number of rotatable bonds is 11. The fourth-order valence-electron chi connectivity index (χ4n) is 3.42. The van der Waals surface area contributed by atoms with Crippen molar-refractivity contribution >= 4 is 38.4 Å². The van der Waals surface area contributed by atoms with Crippen LogP contribution in [0.5, 0.6) is 17.5 Å². The molecule has 1 saturated heterocycles. The van der Waals surface area contributed by atoms with Crippen LogP contribution in [0.1, 0.15) is 43.2 Å². The van der Waals surface area contributed by atoms with Crippen molar-refractivity contribution in [3.63, 3.8) is 0 Å². The lowest BCUT2D eigenvalue weighted by Gasteiger charge is -2.29. The highest BCUT2D eigenvalue weighted by Crippen LogP contribution is 2.28. The molecular formula is C25H28N4O7S2. The zero-order chi connectivity index (χ0) is 27.3. The third-order valence-electron chi connectivity index (χ3n) is 5.30.